The number of aromatic amines is 1. The van der Waals surface area contributed by atoms with Crippen molar-refractivity contribution in [1.82, 2.24) is 15.0 Å². The van der Waals surface area contributed by atoms with Crippen LogP contribution in [-0.2, 0) is 4.79 Å². The maximum Gasteiger partial charge on any atom is 0.221 e. The summed E-state index contributed by atoms with van der Waals surface area (Å²) in [5, 5.41) is 6.57. The molecule has 0 aliphatic rings. The van der Waals surface area contributed by atoms with E-state index in [0.29, 0.717) is 33.7 Å². The first kappa shape index (κ1) is 17.4. The van der Waals surface area contributed by atoms with Crippen molar-refractivity contribution in [2.45, 2.75) is 6.92 Å². The van der Waals surface area contributed by atoms with Gasteiger partial charge in [0.2, 0.25) is 5.91 Å². The van der Waals surface area contributed by atoms with E-state index in [1.807, 2.05) is 30.3 Å². The van der Waals surface area contributed by atoms with E-state index in [9.17, 15) is 9.59 Å². The zero-order valence-electron chi connectivity index (χ0n) is 15.1. The number of nitrogens with one attached hydrogen (secondary N) is 3. The maximum atomic E-state index is 12.9. The van der Waals surface area contributed by atoms with Gasteiger partial charge < -0.3 is 15.6 Å². The Bertz CT molecular complexity index is 1150. The van der Waals surface area contributed by atoms with Gasteiger partial charge in [0.25, 0.3) is 0 Å². The van der Waals surface area contributed by atoms with Crippen molar-refractivity contribution in [3.63, 3.8) is 0 Å². The first-order valence-corrected chi connectivity index (χ1v) is 8.68. The standard InChI is InChI=1S/C21H17N5O2/c1-13(27)25-15-7-9-16(10-8-15)26-21-18-17(11-22-20(18)23-12-24-21)19(28)14-5-3-2-4-6-14/h2-12H,1H3,(H,25,27)(H2,22,23,24,26). The predicted octanol–water partition coefficient (Wildman–Crippen LogP) is 3.89. The van der Waals surface area contributed by atoms with Gasteiger partial charge >= 0.3 is 0 Å². The second-order valence-corrected chi connectivity index (χ2v) is 6.23. The zero-order valence-corrected chi connectivity index (χ0v) is 15.1. The summed E-state index contributed by atoms with van der Waals surface area (Å²) in [5.41, 5.74) is 3.14. The van der Waals surface area contributed by atoms with Crippen LogP contribution in [0.15, 0.2) is 67.1 Å². The number of fused-ring (bicyclic) bond motifs is 1. The van der Waals surface area contributed by atoms with E-state index < -0.39 is 0 Å². The molecule has 138 valence electrons. The summed E-state index contributed by atoms with van der Waals surface area (Å²) < 4.78 is 0. The molecule has 0 fully saturated rings. The fraction of sp³-hybridized carbons (Fsp3) is 0.0476. The Morgan fingerprint density at radius 1 is 0.929 bits per heavy atom. The van der Waals surface area contributed by atoms with Gasteiger partial charge in [0.15, 0.2) is 5.78 Å². The summed E-state index contributed by atoms with van der Waals surface area (Å²) >= 11 is 0. The Kier molecular flexibility index (Phi) is 4.55. The van der Waals surface area contributed by atoms with E-state index in [0.717, 1.165) is 5.69 Å². The molecule has 7 heteroatoms. The number of hydrogen-bond acceptors (Lipinski definition) is 5. The first-order valence-electron chi connectivity index (χ1n) is 8.68. The van der Waals surface area contributed by atoms with E-state index in [1.165, 1.54) is 13.3 Å². The summed E-state index contributed by atoms with van der Waals surface area (Å²) in [6.07, 6.45) is 3.09. The molecule has 7 nitrogen and oxygen atoms in total. The van der Waals surface area contributed by atoms with Crippen LogP contribution >= 0.6 is 0 Å². The molecule has 3 N–H and O–H groups in total. The Balaban J connectivity index is 1.69. The number of ketones is 1. The molecule has 28 heavy (non-hydrogen) atoms. The van der Waals surface area contributed by atoms with Crippen LogP contribution in [0.3, 0.4) is 0 Å². The molecule has 0 atom stereocenters. The zero-order chi connectivity index (χ0) is 19.5. The smallest absolute Gasteiger partial charge is 0.221 e. The molecule has 4 aromatic rings. The number of benzene rings is 2. The van der Waals surface area contributed by atoms with Crippen LogP contribution in [0.2, 0.25) is 0 Å². The lowest BCUT2D eigenvalue weighted by atomic mass is 10.0. The SMILES string of the molecule is CC(=O)Nc1ccc(Nc2ncnc3[nH]cc(C(=O)c4ccccc4)c23)cc1. The molecular formula is C21H17N5O2. The van der Waals surface area contributed by atoms with E-state index in [2.05, 4.69) is 25.6 Å². The van der Waals surface area contributed by atoms with Crippen LogP contribution in [0.25, 0.3) is 11.0 Å². The van der Waals surface area contributed by atoms with Crippen molar-refractivity contribution in [3.8, 4) is 0 Å². The van der Waals surface area contributed by atoms with Gasteiger partial charge in [-0.15, -0.1) is 0 Å². The maximum absolute atomic E-state index is 12.9. The largest absolute Gasteiger partial charge is 0.345 e. The number of rotatable bonds is 5. The third kappa shape index (κ3) is 3.45. The fourth-order valence-electron chi connectivity index (χ4n) is 2.96. The topological polar surface area (TPSA) is 99.8 Å². The number of H-pyrrole nitrogens is 1. The molecule has 0 unspecified atom stereocenters. The molecule has 1 amide bonds. The van der Waals surface area contributed by atoms with Crippen molar-refractivity contribution in [2.24, 2.45) is 0 Å². The van der Waals surface area contributed by atoms with Crippen molar-refractivity contribution < 1.29 is 9.59 Å². The highest BCUT2D eigenvalue weighted by Crippen LogP contribution is 2.28. The van der Waals surface area contributed by atoms with E-state index in [1.54, 1.807) is 30.5 Å². The van der Waals surface area contributed by atoms with Crippen LogP contribution < -0.4 is 10.6 Å². The van der Waals surface area contributed by atoms with Gasteiger partial charge in [-0.25, -0.2) is 9.97 Å². The molecule has 0 saturated heterocycles. The van der Waals surface area contributed by atoms with Crippen molar-refractivity contribution >= 4 is 39.9 Å². The van der Waals surface area contributed by atoms with Gasteiger partial charge in [-0.3, -0.25) is 9.59 Å². The number of aromatic nitrogens is 3. The highest BCUT2D eigenvalue weighted by Gasteiger charge is 2.18. The minimum atomic E-state index is -0.130. The summed E-state index contributed by atoms with van der Waals surface area (Å²) in [4.78, 5) is 35.6. The van der Waals surface area contributed by atoms with E-state index >= 15 is 0 Å². The van der Waals surface area contributed by atoms with Crippen molar-refractivity contribution in [1.29, 1.82) is 0 Å². The number of amides is 1. The molecule has 2 heterocycles. The molecular weight excluding hydrogens is 354 g/mol. The van der Waals surface area contributed by atoms with Crippen LogP contribution in [0.4, 0.5) is 17.2 Å². The van der Waals surface area contributed by atoms with Crippen LogP contribution in [-0.4, -0.2) is 26.6 Å². The van der Waals surface area contributed by atoms with Gasteiger partial charge in [0, 0.05) is 30.1 Å². The number of carbonyl (C=O) groups is 2. The lowest BCUT2D eigenvalue weighted by Crippen LogP contribution is -2.05. The quantitative estimate of drug-likeness (QED) is 0.462. The second-order valence-electron chi connectivity index (χ2n) is 6.23. The summed E-state index contributed by atoms with van der Waals surface area (Å²) in [6.45, 7) is 1.46. The average molecular weight is 371 g/mol. The molecule has 2 aromatic heterocycles. The lowest BCUT2D eigenvalue weighted by Gasteiger charge is -2.09. The van der Waals surface area contributed by atoms with Crippen molar-refractivity contribution in [3.05, 3.63) is 78.2 Å². The van der Waals surface area contributed by atoms with Crippen LogP contribution in [0.1, 0.15) is 22.8 Å². The Morgan fingerprint density at radius 3 is 2.36 bits per heavy atom. The fourth-order valence-corrected chi connectivity index (χ4v) is 2.96. The monoisotopic (exact) mass is 371 g/mol. The van der Waals surface area contributed by atoms with Gasteiger partial charge in [-0.1, -0.05) is 30.3 Å². The number of anilines is 3. The molecule has 0 spiro atoms. The summed E-state index contributed by atoms with van der Waals surface area (Å²) in [7, 11) is 0. The summed E-state index contributed by atoms with van der Waals surface area (Å²) in [6, 6.07) is 16.3. The first-order chi connectivity index (χ1) is 13.6. The highest BCUT2D eigenvalue weighted by molar-refractivity contribution is 6.18. The predicted molar refractivity (Wildman–Crippen MR) is 108 cm³/mol. The molecule has 0 saturated carbocycles. The Hall–Kier alpha value is -4.00. The normalized spacial score (nSPS) is 10.6. The molecule has 0 radical (unpaired) electrons. The van der Waals surface area contributed by atoms with Crippen LogP contribution in [0.5, 0.6) is 0 Å². The number of nitrogens with zero attached hydrogens (tertiary/aromatic N) is 2. The van der Waals surface area contributed by atoms with Gasteiger partial charge in [-0.05, 0) is 24.3 Å². The lowest BCUT2D eigenvalue weighted by molar-refractivity contribution is -0.114. The second kappa shape index (κ2) is 7.32. The summed E-state index contributed by atoms with van der Waals surface area (Å²) in [5.74, 6) is 0.290. The molecule has 0 bridgehead atoms. The minimum Gasteiger partial charge on any atom is -0.345 e. The molecule has 4 rings (SSSR count). The molecule has 0 aliphatic heterocycles. The number of carbonyl (C=O) groups excluding carboxylic acids is 2. The highest BCUT2D eigenvalue weighted by atomic mass is 16.1. The van der Waals surface area contributed by atoms with Crippen LogP contribution in [0, 0.1) is 0 Å². The number of hydrogen-bond donors (Lipinski definition) is 3. The van der Waals surface area contributed by atoms with Gasteiger partial charge in [0.1, 0.15) is 17.8 Å². The Morgan fingerprint density at radius 2 is 1.64 bits per heavy atom. The molecule has 0 aliphatic carbocycles. The van der Waals surface area contributed by atoms with Gasteiger partial charge in [-0.2, -0.15) is 0 Å². The average Bonchev–Trinajstić information content (AvgIpc) is 3.14. The van der Waals surface area contributed by atoms with E-state index in [4.69, 9.17) is 0 Å². The van der Waals surface area contributed by atoms with Crippen molar-refractivity contribution in [2.75, 3.05) is 10.6 Å². The van der Waals surface area contributed by atoms with E-state index in [-0.39, 0.29) is 11.7 Å². The third-order valence-electron chi connectivity index (χ3n) is 4.22. The molecule has 2 aromatic carbocycles. The Labute approximate surface area is 160 Å². The van der Waals surface area contributed by atoms with Gasteiger partial charge in [0.05, 0.1) is 10.9 Å². The minimum absolute atomic E-state index is 0.106. The third-order valence-corrected chi connectivity index (χ3v) is 4.22.